The molecule has 1 fully saturated rings. The molecule has 0 aliphatic heterocycles. The van der Waals surface area contributed by atoms with E-state index in [0.717, 1.165) is 11.3 Å². The van der Waals surface area contributed by atoms with E-state index in [4.69, 9.17) is 4.98 Å². The highest BCUT2D eigenvalue weighted by molar-refractivity contribution is 5.88. The Hall–Kier alpha value is -4.04. The zero-order valence-electron chi connectivity index (χ0n) is 26.2. The van der Waals surface area contributed by atoms with E-state index >= 15 is 0 Å². The second-order valence-electron chi connectivity index (χ2n) is 13.3. The molecule has 6 unspecified atom stereocenters. The Morgan fingerprint density at radius 3 is 2.52 bits per heavy atom. The molecule has 0 bridgehead atoms. The number of aromatic nitrogens is 2. The van der Waals surface area contributed by atoms with E-state index in [9.17, 15) is 0 Å². The van der Waals surface area contributed by atoms with E-state index in [2.05, 4.69) is 111 Å². The van der Waals surface area contributed by atoms with E-state index in [1.54, 1.807) is 5.57 Å². The third kappa shape index (κ3) is 5.30. The summed E-state index contributed by atoms with van der Waals surface area (Å²) in [6, 6.07) is 17.8. The predicted octanol–water partition coefficient (Wildman–Crippen LogP) is 10.6. The van der Waals surface area contributed by atoms with Crippen molar-refractivity contribution in [3.63, 3.8) is 0 Å². The van der Waals surface area contributed by atoms with E-state index in [-0.39, 0.29) is 0 Å². The van der Waals surface area contributed by atoms with Crippen molar-refractivity contribution in [2.75, 3.05) is 0 Å². The quantitative estimate of drug-likeness (QED) is 0.215. The van der Waals surface area contributed by atoms with Crippen LogP contribution in [-0.4, -0.2) is 9.97 Å². The number of nitrogens with zero attached hydrogens (tertiary/aromatic N) is 2. The Labute approximate surface area is 263 Å². The molecule has 0 N–H and O–H groups in total. The molecule has 44 heavy (non-hydrogen) atoms. The van der Waals surface area contributed by atoms with Crippen LogP contribution in [0.4, 0.5) is 0 Å². The minimum absolute atomic E-state index is 0.516. The second kappa shape index (κ2) is 12.5. The third-order valence-electron chi connectivity index (χ3n) is 11.0. The van der Waals surface area contributed by atoms with Gasteiger partial charge in [-0.15, -0.1) is 0 Å². The van der Waals surface area contributed by atoms with E-state index in [1.165, 1.54) is 71.9 Å². The lowest BCUT2D eigenvalue weighted by Crippen LogP contribution is -2.41. The molecule has 1 aromatic carbocycles. The Balaban J connectivity index is 1.25. The molecule has 0 saturated heterocycles. The van der Waals surface area contributed by atoms with E-state index < -0.39 is 0 Å². The van der Waals surface area contributed by atoms with Gasteiger partial charge in [0.1, 0.15) is 0 Å². The molecule has 2 heteroatoms. The average Bonchev–Trinajstić information content (AvgIpc) is 3.08. The lowest BCUT2D eigenvalue weighted by Gasteiger charge is -2.50. The molecule has 2 heterocycles. The Bertz CT molecular complexity index is 1650. The summed E-state index contributed by atoms with van der Waals surface area (Å²) in [4.78, 5) is 9.22. The summed E-state index contributed by atoms with van der Waals surface area (Å²) in [5.74, 6) is 3.53. The van der Waals surface area contributed by atoms with Crippen molar-refractivity contribution in [1.29, 1.82) is 0 Å². The third-order valence-corrected chi connectivity index (χ3v) is 11.0. The molecular formula is C42H44N2. The van der Waals surface area contributed by atoms with Crippen molar-refractivity contribution in [1.82, 2.24) is 9.97 Å². The summed E-state index contributed by atoms with van der Waals surface area (Å²) >= 11 is 0. The topological polar surface area (TPSA) is 25.8 Å². The van der Waals surface area contributed by atoms with Crippen LogP contribution in [0.15, 0.2) is 133 Å². The first-order chi connectivity index (χ1) is 21.6. The van der Waals surface area contributed by atoms with Crippen LogP contribution in [0.3, 0.4) is 0 Å². The van der Waals surface area contributed by atoms with Gasteiger partial charge in [-0.25, -0.2) is 0 Å². The fourth-order valence-electron chi connectivity index (χ4n) is 8.98. The smallest absolute Gasteiger partial charge is 0.0717 e. The van der Waals surface area contributed by atoms with Gasteiger partial charge in [0, 0.05) is 24.2 Å². The van der Waals surface area contributed by atoms with Crippen molar-refractivity contribution in [3.8, 4) is 11.3 Å². The zero-order chi connectivity index (χ0) is 30.0. The first-order valence-corrected chi connectivity index (χ1v) is 16.6. The summed E-state index contributed by atoms with van der Waals surface area (Å²) in [5, 5.41) is 0. The van der Waals surface area contributed by atoms with Crippen LogP contribution in [0, 0.1) is 36.5 Å². The normalized spacial score (nSPS) is 28.2. The van der Waals surface area contributed by atoms with Gasteiger partial charge in [0.05, 0.1) is 5.69 Å². The van der Waals surface area contributed by atoms with Crippen molar-refractivity contribution in [2.24, 2.45) is 29.6 Å². The van der Waals surface area contributed by atoms with Crippen LogP contribution < -0.4 is 0 Å². The highest BCUT2D eigenvalue weighted by atomic mass is 14.7. The minimum atomic E-state index is 0.516. The Kier molecular flexibility index (Phi) is 8.17. The average molecular weight is 577 g/mol. The van der Waals surface area contributed by atoms with Crippen LogP contribution >= 0.6 is 0 Å². The maximum atomic E-state index is 4.92. The van der Waals surface area contributed by atoms with E-state index in [0.29, 0.717) is 35.5 Å². The van der Waals surface area contributed by atoms with Gasteiger partial charge in [-0.3, -0.25) is 9.97 Å². The highest BCUT2D eigenvalue weighted by Gasteiger charge is 2.46. The van der Waals surface area contributed by atoms with Gasteiger partial charge in [-0.1, -0.05) is 97.0 Å². The van der Waals surface area contributed by atoms with Crippen LogP contribution in [0.5, 0.6) is 0 Å². The molecule has 7 rings (SSSR count). The molecular weight excluding hydrogens is 532 g/mol. The number of benzene rings is 1. The number of aryl methyl sites for hydroxylation is 1. The van der Waals surface area contributed by atoms with Crippen LogP contribution in [-0.2, 0) is 0 Å². The summed E-state index contributed by atoms with van der Waals surface area (Å²) < 4.78 is 0. The van der Waals surface area contributed by atoms with Gasteiger partial charge in [0.25, 0.3) is 0 Å². The van der Waals surface area contributed by atoms with Gasteiger partial charge in [-0.05, 0) is 128 Å². The molecule has 6 atom stereocenters. The largest absolute Gasteiger partial charge is 0.264 e. The van der Waals surface area contributed by atoms with Gasteiger partial charge < -0.3 is 0 Å². The summed E-state index contributed by atoms with van der Waals surface area (Å²) in [5.41, 5.74) is 12.1. The zero-order valence-corrected chi connectivity index (χ0v) is 26.2. The highest BCUT2D eigenvalue weighted by Crippen LogP contribution is 2.57. The molecule has 0 spiro atoms. The van der Waals surface area contributed by atoms with Gasteiger partial charge in [0.2, 0.25) is 0 Å². The summed E-state index contributed by atoms with van der Waals surface area (Å²) in [6.07, 6.45) is 29.8. The van der Waals surface area contributed by atoms with E-state index in [1.807, 2.05) is 24.5 Å². The van der Waals surface area contributed by atoms with Gasteiger partial charge >= 0.3 is 0 Å². The minimum Gasteiger partial charge on any atom is -0.264 e. The molecule has 4 aliphatic carbocycles. The summed E-state index contributed by atoms with van der Waals surface area (Å²) in [6.45, 7) is 8.64. The molecule has 4 aliphatic rings. The number of hydrogen-bond acceptors (Lipinski definition) is 2. The molecule has 1 saturated carbocycles. The maximum absolute atomic E-state index is 4.92. The standard InChI is InChI=1S/C42H44N2/c1-4-5-12-33-29(3)41(38-13-6-7-14-39(38)42(33)30-21-19-28(2)20-22-30)37-18-9-16-35-34(15-8-17-36(35)37)31-23-24-40(44-27-31)32-11-10-25-43-26-32/h4-5,7,9-12,14,18-27,34-38,41H,1,6,8,13,15-17H2,2-3H3/b12-5-. The number of pyridine rings is 2. The number of fused-ring (bicyclic) bond motifs is 2. The number of rotatable bonds is 6. The SMILES string of the molecule is C=C/C=C\C1=C(C)C(C2C=CCC3C(c4ccc(-c5cccnc5)nc4)CCCC23)C2CCC=CC2=C1c1ccc(C)cc1. The Morgan fingerprint density at radius 2 is 1.75 bits per heavy atom. The van der Waals surface area contributed by atoms with Gasteiger partial charge in [-0.2, -0.15) is 0 Å². The molecule has 3 aromatic rings. The Morgan fingerprint density at radius 1 is 0.864 bits per heavy atom. The number of hydrogen-bond donors (Lipinski definition) is 0. The lowest BCUT2D eigenvalue weighted by atomic mass is 9.54. The van der Waals surface area contributed by atoms with Crippen LogP contribution in [0.2, 0.25) is 0 Å². The molecule has 222 valence electrons. The van der Waals surface area contributed by atoms with Crippen LogP contribution in [0.25, 0.3) is 16.8 Å². The fourth-order valence-corrected chi connectivity index (χ4v) is 8.98. The van der Waals surface area contributed by atoms with Crippen molar-refractivity contribution in [2.45, 2.75) is 58.3 Å². The van der Waals surface area contributed by atoms with Gasteiger partial charge in [0.15, 0.2) is 0 Å². The molecule has 0 radical (unpaired) electrons. The lowest BCUT2D eigenvalue weighted by molar-refractivity contribution is 0.109. The first-order valence-electron chi connectivity index (χ1n) is 16.6. The second-order valence-corrected chi connectivity index (χ2v) is 13.3. The van der Waals surface area contributed by atoms with Crippen molar-refractivity contribution >= 4 is 5.57 Å². The maximum Gasteiger partial charge on any atom is 0.0717 e. The summed E-state index contributed by atoms with van der Waals surface area (Å²) in [7, 11) is 0. The van der Waals surface area contributed by atoms with Crippen LogP contribution in [0.1, 0.15) is 68.1 Å². The molecule has 0 amide bonds. The first kappa shape index (κ1) is 28.7. The van der Waals surface area contributed by atoms with Crippen molar-refractivity contribution < 1.29 is 0 Å². The monoisotopic (exact) mass is 576 g/mol. The number of allylic oxidation sites excluding steroid dienone is 11. The predicted molar refractivity (Wildman–Crippen MR) is 184 cm³/mol. The molecule has 2 nitrogen and oxygen atoms in total. The fraction of sp³-hybridized carbons (Fsp3) is 0.333. The molecule has 2 aromatic heterocycles. The van der Waals surface area contributed by atoms with Crippen molar-refractivity contribution in [3.05, 3.63) is 150 Å².